The molecule has 2 saturated heterocycles. The monoisotopic (exact) mass is 272 g/mol. The van der Waals surface area contributed by atoms with E-state index in [-0.39, 0.29) is 12.4 Å². The molecule has 0 aromatic heterocycles. The summed E-state index contributed by atoms with van der Waals surface area (Å²) in [6.07, 6.45) is 8.66. The molecule has 2 heterocycles. The van der Waals surface area contributed by atoms with Crippen molar-refractivity contribution < 1.29 is 4.79 Å². The third kappa shape index (κ3) is 2.67. The zero-order valence-corrected chi connectivity index (χ0v) is 11.9. The van der Waals surface area contributed by atoms with Crippen LogP contribution >= 0.6 is 12.4 Å². The highest BCUT2D eigenvalue weighted by Crippen LogP contribution is 2.59. The lowest BCUT2D eigenvalue weighted by atomic mass is 9.91. The number of likely N-dealkylation sites (tertiary alicyclic amines) is 1. The Morgan fingerprint density at radius 3 is 2.28 bits per heavy atom. The number of piperidine rings is 1. The fourth-order valence-electron chi connectivity index (χ4n) is 3.69. The summed E-state index contributed by atoms with van der Waals surface area (Å²) in [5.41, 5.74) is 0.411. The van der Waals surface area contributed by atoms with Crippen molar-refractivity contribution in [1.29, 1.82) is 0 Å². The fraction of sp³-hybridized carbons (Fsp3) is 0.929. The smallest absolute Gasteiger partial charge is 0.226 e. The van der Waals surface area contributed by atoms with Crippen molar-refractivity contribution in [3.8, 4) is 0 Å². The van der Waals surface area contributed by atoms with E-state index in [1.54, 1.807) is 0 Å². The highest BCUT2D eigenvalue weighted by molar-refractivity contribution is 5.85. The van der Waals surface area contributed by atoms with Gasteiger partial charge in [-0.1, -0.05) is 12.8 Å². The van der Waals surface area contributed by atoms with Crippen molar-refractivity contribution in [2.75, 3.05) is 26.2 Å². The second kappa shape index (κ2) is 5.79. The van der Waals surface area contributed by atoms with Crippen molar-refractivity contribution in [3.63, 3.8) is 0 Å². The normalized spacial score (nSPS) is 30.4. The molecule has 1 amide bonds. The van der Waals surface area contributed by atoms with Gasteiger partial charge in [0.15, 0.2) is 0 Å². The van der Waals surface area contributed by atoms with E-state index in [0.717, 1.165) is 26.2 Å². The molecular weight excluding hydrogens is 248 g/mol. The molecule has 1 spiro atoms. The maximum Gasteiger partial charge on any atom is 0.226 e. The molecule has 3 nitrogen and oxygen atoms in total. The average Bonchev–Trinajstić information content (AvgIpc) is 3.10. The molecule has 1 unspecified atom stereocenters. The van der Waals surface area contributed by atoms with E-state index in [4.69, 9.17) is 0 Å². The van der Waals surface area contributed by atoms with Crippen molar-refractivity contribution in [3.05, 3.63) is 0 Å². The van der Waals surface area contributed by atoms with Gasteiger partial charge in [-0.25, -0.2) is 0 Å². The Labute approximate surface area is 116 Å². The van der Waals surface area contributed by atoms with E-state index in [1.807, 2.05) is 0 Å². The van der Waals surface area contributed by atoms with Crippen LogP contribution < -0.4 is 5.32 Å². The number of carbonyl (C=O) groups excluding carboxylic acids is 1. The minimum absolute atomic E-state index is 0. The van der Waals surface area contributed by atoms with Gasteiger partial charge in [-0.05, 0) is 50.6 Å². The number of nitrogens with one attached hydrogen (secondary N) is 1. The number of halogens is 1. The van der Waals surface area contributed by atoms with Crippen molar-refractivity contribution in [1.82, 2.24) is 10.2 Å². The van der Waals surface area contributed by atoms with Gasteiger partial charge in [0, 0.05) is 19.0 Å². The predicted octanol–water partition coefficient (Wildman–Crippen LogP) is 2.20. The van der Waals surface area contributed by atoms with Crippen LogP contribution in [0.2, 0.25) is 0 Å². The Kier molecular flexibility index (Phi) is 4.54. The van der Waals surface area contributed by atoms with Crippen LogP contribution in [0.1, 0.15) is 44.9 Å². The van der Waals surface area contributed by atoms with Crippen molar-refractivity contribution in [2.24, 2.45) is 11.3 Å². The van der Waals surface area contributed by atoms with E-state index in [0.29, 0.717) is 17.2 Å². The maximum absolute atomic E-state index is 12.5. The summed E-state index contributed by atoms with van der Waals surface area (Å²) in [6.45, 7) is 4.26. The number of carbonyl (C=O) groups is 1. The van der Waals surface area contributed by atoms with Crippen LogP contribution in [-0.2, 0) is 4.79 Å². The molecule has 0 aromatic rings. The third-order valence-corrected chi connectivity index (χ3v) is 5.00. The quantitative estimate of drug-likeness (QED) is 0.794. The molecule has 3 rings (SSSR count). The summed E-state index contributed by atoms with van der Waals surface area (Å²) in [7, 11) is 0. The zero-order chi connectivity index (χ0) is 11.7. The first kappa shape index (κ1) is 14.1. The van der Waals surface area contributed by atoms with Gasteiger partial charge < -0.3 is 10.2 Å². The standard InChI is InChI=1S/C14H24N2O.ClH/c17-13(16-9-3-1-2-4-10-16)12-11-14(12)5-7-15-8-6-14;/h12,15H,1-11H2;1H. The van der Waals surface area contributed by atoms with Gasteiger partial charge in [-0.15, -0.1) is 12.4 Å². The predicted molar refractivity (Wildman–Crippen MR) is 74.9 cm³/mol. The Morgan fingerprint density at radius 2 is 1.67 bits per heavy atom. The van der Waals surface area contributed by atoms with E-state index in [9.17, 15) is 4.79 Å². The lowest BCUT2D eigenvalue weighted by molar-refractivity contribution is -0.133. The van der Waals surface area contributed by atoms with Gasteiger partial charge in [0.25, 0.3) is 0 Å². The Balaban J connectivity index is 0.00000120. The SMILES string of the molecule is Cl.O=C(C1CC12CCNCC2)N1CCCCCC1. The van der Waals surface area contributed by atoms with Crippen LogP contribution in [0.3, 0.4) is 0 Å². The summed E-state index contributed by atoms with van der Waals surface area (Å²) in [5, 5.41) is 3.40. The van der Waals surface area contributed by atoms with E-state index in [1.165, 1.54) is 44.9 Å². The second-order valence-electron chi connectivity index (χ2n) is 6.11. The lowest BCUT2D eigenvalue weighted by Gasteiger charge is -2.26. The Morgan fingerprint density at radius 1 is 1.06 bits per heavy atom. The first-order valence-corrected chi connectivity index (χ1v) is 7.31. The largest absolute Gasteiger partial charge is 0.342 e. The van der Waals surface area contributed by atoms with Gasteiger partial charge >= 0.3 is 0 Å². The Bertz CT molecular complexity index is 294. The second-order valence-corrected chi connectivity index (χ2v) is 6.11. The van der Waals surface area contributed by atoms with Gasteiger partial charge in [-0.2, -0.15) is 0 Å². The number of hydrogen-bond acceptors (Lipinski definition) is 2. The molecule has 104 valence electrons. The molecule has 3 fully saturated rings. The number of rotatable bonds is 1. The zero-order valence-electron chi connectivity index (χ0n) is 11.1. The van der Waals surface area contributed by atoms with E-state index >= 15 is 0 Å². The molecule has 1 saturated carbocycles. The number of nitrogens with zero attached hydrogens (tertiary/aromatic N) is 1. The van der Waals surface area contributed by atoms with Gasteiger partial charge in [0.2, 0.25) is 5.91 Å². The summed E-state index contributed by atoms with van der Waals surface area (Å²) in [5.74, 6) is 0.858. The third-order valence-electron chi connectivity index (χ3n) is 5.00. The van der Waals surface area contributed by atoms with Crippen LogP contribution in [0, 0.1) is 11.3 Å². The molecule has 0 aromatic carbocycles. The summed E-state index contributed by atoms with van der Waals surface area (Å²) in [6, 6.07) is 0. The summed E-state index contributed by atoms with van der Waals surface area (Å²) < 4.78 is 0. The van der Waals surface area contributed by atoms with Crippen LogP contribution in [-0.4, -0.2) is 37.0 Å². The molecule has 1 N–H and O–H groups in total. The summed E-state index contributed by atoms with van der Waals surface area (Å²) in [4.78, 5) is 14.7. The van der Waals surface area contributed by atoms with E-state index < -0.39 is 0 Å². The highest BCUT2D eigenvalue weighted by atomic mass is 35.5. The van der Waals surface area contributed by atoms with Gasteiger partial charge in [-0.3, -0.25) is 4.79 Å². The molecule has 3 aliphatic rings. The van der Waals surface area contributed by atoms with Crippen molar-refractivity contribution in [2.45, 2.75) is 44.9 Å². The molecule has 1 aliphatic carbocycles. The Hall–Kier alpha value is -0.280. The highest BCUT2D eigenvalue weighted by Gasteiger charge is 2.58. The van der Waals surface area contributed by atoms with Crippen LogP contribution in [0.15, 0.2) is 0 Å². The number of amides is 1. The average molecular weight is 273 g/mol. The van der Waals surface area contributed by atoms with Crippen LogP contribution in [0.5, 0.6) is 0 Å². The van der Waals surface area contributed by atoms with Crippen LogP contribution in [0.25, 0.3) is 0 Å². The van der Waals surface area contributed by atoms with Gasteiger partial charge in [0.05, 0.1) is 0 Å². The molecule has 1 atom stereocenters. The number of hydrogen-bond donors (Lipinski definition) is 1. The topological polar surface area (TPSA) is 32.3 Å². The van der Waals surface area contributed by atoms with Crippen molar-refractivity contribution >= 4 is 18.3 Å². The van der Waals surface area contributed by atoms with E-state index in [2.05, 4.69) is 10.2 Å². The minimum Gasteiger partial charge on any atom is -0.342 e. The first-order valence-electron chi connectivity index (χ1n) is 7.31. The molecular formula is C14H25ClN2O. The van der Waals surface area contributed by atoms with Crippen LogP contribution in [0.4, 0.5) is 0 Å². The first-order chi connectivity index (χ1) is 8.32. The van der Waals surface area contributed by atoms with Gasteiger partial charge in [0.1, 0.15) is 0 Å². The molecule has 18 heavy (non-hydrogen) atoms. The fourth-order valence-corrected chi connectivity index (χ4v) is 3.69. The molecule has 0 bridgehead atoms. The molecule has 2 aliphatic heterocycles. The minimum atomic E-state index is 0. The lowest BCUT2D eigenvalue weighted by Crippen LogP contribution is -2.37. The summed E-state index contributed by atoms with van der Waals surface area (Å²) >= 11 is 0. The maximum atomic E-state index is 12.5. The molecule has 4 heteroatoms. The molecule has 0 radical (unpaired) electrons.